The van der Waals surface area contributed by atoms with Crippen molar-refractivity contribution in [2.24, 2.45) is 0 Å². The maximum atomic E-state index is 12.2. The number of phenols is 1. The molecule has 0 aromatic heterocycles. The summed E-state index contributed by atoms with van der Waals surface area (Å²) in [4.78, 5) is 12.2. The Bertz CT molecular complexity index is 485. The SMILES string of the molecule is Cc1ccc(C(=O)NC2CCCCC2O)c(O)c1C. The molecule has 1 aromatic rings. The number of nitrogens with one attached hydrogen (secondary N) is 1. The lowest BCUT2D eigenvalue weighted by molar-refractivity contribution is 0.0715. The van der Waals surface area contributed by atoms with E-state index in [1.165, 1.54) is 0 Å². The highest BCUT2D eigenvalue weighted by Crippen LogP contribution is 2.25. The molecule has 1 aromatic carbocycles. The number of aromatic hydroxyl groups is 1. The molecule has 1 amide bonds. The van der Waals surface area contributed by atoms with E-state index in [0.717, 1.165) is 36.8 Å². The van der Waals surface area contributed by atoms with Crippen LogP contribution in [-0.4, -0.2) is 28.3 Å². The quantitative estimate of drug-likeness (QED) is 0.764. The van der Waals surface area contributed by atoms with Gasteiger partial charge in [0, 0.05) is 0 Å². The van der Waals surface area contributed by atoms with Crippen molar-refractivity contribution in [3.05, 3.63) is 28.8 Å². The Morgan fingerprint density at radius 3 is 2.63 bits per heavy atom. The van der Waals surface area contributed by atoms with Crippen molar-refractivity contribution in [2.45, 2.75) is 51.7 Å². The molecule has 0 saturated heterocycles. The molecule has 4 nitrogen and oxygen atoms in total. The number of rotatable bonds is 2. The molecule has 1 aliphatic rings. The summed E-state index contributed by atoms with van der Waals surface area (Å²) < 4.78 is 0. The average Bonchev–Trinajstić information content (AvgIpc) is 2.39. The second-order valence-corrected chi connectivity index (χ2v) is 5.34. The van der Waals surface area contributed by atoms with Gasteiger partial charge in [0.1, 0.15) is 5.75 Å². The van der Waals surface area contributed by atoms with Crippen molar-refractivity contribution in [3.8, 4) is 5.75 Å². The highest BCUT2D eigenvalue weighted by molar-refractivity contribution is 5.97. The fourth-order valence-corrected chi connectivity index (χ4v) is 2.51. The first-order valence-corrected chi connectivity index (χ1v) is 6.79. The summed E-state index contributed by atoms with van der Waals surface area (Å²) in [5, 5.41) is 22.7. The Balaban J connectivity index is 2.14. The van der Waals surface area contributed by atoms with Crippen LogP contribution in [0.1, 0.15) is 47.2 Å². The Labute approximate surface area is 113 Å². The van der Waals surface area contributed by atoms with Gasteiger partial charge in [-0.3, -0.25) is 4.79 Å². The molecule has 4 heteroatoms. The predicted octanol–water partition coefficient (Wildman–Crippen LogP) is 2.04. The first-order chi connectivity index (χ1) is 9.00. The molecule has 1 saturated carbocycles. The molecule has 0 spiro atoms. The molecule has 1 fully saturated rings. The molecule has 0 heterocycles. The van der Waals surface area contributed by atoms with Crippen LogP contribution in [0.15, 0.2) is 12.1 Å². The Hall–Kier alpha value is -1.55. The van der Waals surface area contributed by atoms with Gasteiger partial charge in [-0.05, 0) is 43.9 Å². The van der Waals surface area contributed by atoms with E-state index in [1.54, 1.807) is 13.0 Å². The van der Waals surface area contributed by atoms with Crippen LogP contribution in [-0.2, 0) is 0 Å². The zero-order valence-electron chi connectivity index (χ0n) is 11.4. The largest absolute Gasteiger partial charge is 0.507 e. The number of aliphatic hydroxyl groups is 1. The van der Waals surface area contributed by atoms with Crippen LogP contribution in [0.3, 0.4) is 0 Å². The predicted molar refractivity (Wildman–Crippen MR) is 73.3 cm³/mol. The third-order valence-corrected chi connectivity index (χ3v) is 3.99. The molecule has 2 atom stereocenters. The fraction of sp³-hybridized carbons (Fsp3) is 0.533. The standard InChI is InChI=1S/C15H21NO3/c1-9-7-8-11(14(18)10(9)2)15(19)16-12-5-3-4-6-13(12)17/h7-8,12-13,17-18H,3-6H2,1-2H3,(H,16,19). The topological polar surface area (TPSA) is 69.6 Å². The number of aliphatic hydroxyl groups excluding tert-OH is 1. The lowest BCUT2D eigenvalue weighted by Gasteiger charge is -2.28. The van der Waals surface area contributed by atoms with Gasteiger partial charge in [0.25, 0.3) is 5.91 Å². The molecule has 0 bridgehead atoms. The lowest BCUT2D eigenvalue weighted by Crippen LogP contribution is -2.45. The number of hydrogen-bond acceptors (Lipinski definition) is 3. The molecule has 19 heavy (non-hydrogen) atoms. The minimum Gasteiger partial charge on any atom is -0.507 e. The minimum atomic E-state index is -0.480. The Morgan fingerprint density at radius 1 is 1.26 bits per heavy atom. The van der Waals surface area contributed by atoms with Gasteiger partial charge >= 0.3 is 0 Å². The Kier molecular flexibility index (Phi) is 4.10. The molecule has 3 N–H and O–H groups in total. The maximum absolute atomic E-state index is 12.2. The Morgan fingerprint density at radius 2 is 1.95 bits per heavy atom. The van der Waals surface area contributed by atoms with Crippen LogP contribution in [0.25, 0.3) is 0 Å². The van der Waals surface area contributed by atoms with Crippen molar-refractivity contribution in [2.75, 3.05) is 0 Å². The highest BCUT2D eigenvalue weighted by atomic mass is 16.3. The lowest BCUT2D eigenvalue weighted by atomic mass is 9.92. The second-order valence-electron chi connectivity index (χ2n) is 5.34. The van der Waals surface area contributed by atoms with Crippen LogP contribution in [0.5, 0.6) is 5.75 Å². The number of carbonyl (C=O) groups excluding carboxylic acids is 1. The number of amides is 1. The van der Waals surface area contributed by atoms with E-state index in [0.29, 0.717) is 0 Å². The van der Waals surface area contributed by atoms with Gasteiger partial charge in [-0.2, -0.15) is 0 Å². The van der Waals surface area contributed by atoms with E-state index in [-0.39, 0.29) is 23.3 Å². The maximum Gasteiger partial charge on any atom is 0.255 e. The van der Waals surface area contributed by atoms with Crippen molar-refractivity contribution < 1.29 is 15.0 Å². The van der Waals surface area contributed by atoms with Crippen LogP contribution in [0.2, 0.25) is 0 Å². The molecule has 104 valence electrons. The highest BCUT2D eigenvalue weighted by Gasteiger charge is 2.25. The van der Waals surface area contributed by atoms with Gasteiger partial charge < -0.3 is 15.5 Å². The molecule has 0 radical (unpaired) electrons. The van der Waals surface area contributed by atoms with E-state index in [9.17, 15) is 15.0 Å². The summed E-state index contributed by atoms with van der Waals surface area (Å²) in [7, 11) is 0. The normalized spacial score (nSPS) is 23.1. The van der Waals surface area contributed by atoms with E-state index in [2.05, 4.69) is 5.32 Å². The van der Waals surface area contributed by atoms with Crippen molar-refractivity contribution in [3.63, 3.8) is 0 Å². The number of benzene rings is 1. The smallest absolute Gasteiger partial charge is 0.255 e. The molecule has 1 aliphatic carbocycles. The number of aryl methyl sites for hydroxylation is 1. The minimum absolute atomic E-state index is 0.0304. The molecule has 2 rings (SSSR count). The summed E-state index contributed by atoms with van der Waals surface area (Å²) in [5.74, 6) is -0.283. The van der Waals surface area contributed by atoms with Crippen LogP contribution < -0.4 is 5.32 Å². The third-order valence-electron chi connectivity index (χ3n) is 3.99. The molecular weight excluding hydrogens is 242 g/mol. The van der Waals surface area contributed by atoms with E-state index in [1.807, 2.05) is 13.0 Å². The zero-order chi connectivity index (χ0) is 14.0. The summed E-state index contributed by atoms with van der Waals surface area (Å²) in [6.45, 7) is 3.68. The van der Waals surface area contributed by atoms with E-state index in [4.69, 9.17) is 0 Å². The zero-order valence-corrected chi connectivity index (χ0v) is 11.4. The average molecular weight is 263 g/mol. The summed E-state index contributed by atoms with van der Waals surface area (Å²) in [5.41, 5.74) is 1.95. The van der Waals surface area contributed by atoms with Crippen LogP contribution >= 0.6 is 0 Å². The summed E-state index contributed by atoms with van der Waals surface area (Å²) >= 11 is 0. The van der Waals surface area contributed by atoms with Crippen molar-refractivity contribution in [1.82, 2.24) is 5.32 Å². The van der Waals surface area contributed by atoms with Gasteiger partial charge in [-0.15, -0.1) is 0 Å². The third kappa shape index (κ3) is 2.89. The first kappa shape index (κ1) is 13.9. The van der Waals surface area contributed by atoms with Gasteiger partial charge in [-0.25, -0.2) is 0 Å². The van der Waals surface area contributed by atoms with Gasteiger partial charge in [-0.1, -0.05) is 18.9 Å². The van der Waals surface area contributed by atoms with Crippen LogP contribution in [0.4, 0.5) is 0 Å². The molecule has 2 unspecified atom stereocenters. The van der Waals surface area contributed by atoms with Crippen molar-refractivity contribution in [1.29, 1.82) is 0 Å². The number of hydrogen-bond donors (Lipinski definition) is 3. The van der Waals surface area contributed by atoms with Gasteiger partial charge in [0.2, 0.25) is 0 Å². The molecule has 0 aliphatic heterocycles. The van der Waals surface area contributed by atoms with E-state index < -0.39 is 6.10 Å². The number of phenolic OH excluding ortho intramolecular Hbond substituents is 1. The van der Waals surface area contributed by atoms with Gasteiger partial charge in [0.15, 0.2) is 0 Å². The monoisotopic (exact) mass is 263 g/mol. The molecular formula is C15H21NO3. The fourth-order valence-electron chi connectivity index (χ4n) is 2.51. The second kappa shape index (κ2) is 5.61. The van der Waals surface area contributed by atoms with Gasteiger partial charge in [0.05, 0.1) is 17.7 Å². The van der Waals surface area contributed by atoms with Crippen molar-refractivity contribution >= 4 is 5.91 Å². The number of carbonyl (C=O) groups is 1. The summed E-state index contributed by atoms with van der Waals surface area (Å²) in [6, 6.07) is 3.24. The summed E-state index contributed by atoms with van der Waals surface area (Å²) in [6.07, 6.45) is 3.05. The first-order valence-electron chi connectivity index (χ1n) is 6.79. The van der Waals surface area contributed by atoms with E-state index >= 15 is 0 Å². The van der Waals surface area contributed by atoms with Crippen LogP contribution in [0, 0.1) is 13.8 Å².